The van der Waals surface area contributed by atoms with Crippen molar-refractivity contribution in [3.63, 3.8) is 0 Å². The van der Waals surface area contributed by atoms with Crippen LogP contribution in [0, 0.1) is 0 Å². The van der Waals surface area contributed by atoms with Gasteiger partial charge in [-0.1, -0.05) is 38.1 Å². The second-order valence-corrected chi connectivity index (χ2v) is 7.08. The minimum Gasteiger partial charge on any atom is -0.492 e. The maximum Gasteiger partial charge on any atom is 0.191 e. The molecule has 2 N–H and O–H groups in total. The van der Waals surface area contributed by atoms with Crippen LogP contribution in [0.5, 0.6) is 5.75 Å². The van der Waals surface area contributed by atoms with Crippen LogP contribution in [-0.4, -0.2) is 58.2 Å². The van der Waals surface area contributed by atoms with Gasteiger partial charge in [-0.3, -0.25) is 4.40 Å². The summed E-state index contributed by atoms with van der Waals surface area (Å²) in [6, 6.07) is 13.9. The summed E-state index contributed by atoms with van der Waals surface area (Å²) < 4.78 is 8.03. The molecule has 3 rings (SSSR count). The Labute approximate surface area is 207 Å². The molecule has 8 nitrogen and oxygen atoms in total. The standard InChI is InChI=1S/C23H33N7O.HI/c1-4-24-23(26-18-22-28-27-21-13-9-10-14-30(21)22)25-17-19-11-7-8-12-20(19)31-16-15-29(5-2)6-3;/h7-14H,4-6,15-18H2,1-3H3,(H2,24,25,26);1H. The Kier molecular flexibility index (Phi) is 11.2. The summed E-state index contributed by atoms with van der Waals surface area (Å²) in [6.07, 6.45) is 1.96. The van der Waals surface area contributed by atoms with Gasteiger partial charge in [0.1, 0.15) is 12.4 Å². The zero-order valence-electron chi connectivity index (χ0n) is 19.1. The Morgan fingerprint density at radius 3 is 2.59 bits per heavy atom. The Hall–Kier alpha value is -2.40. The predicted molar refractivity (Wildman–Crippen MR) is 140 cm³/mol. The largest absolute Gasteiger partial charge is 0.492 e. The molecule has 0 saturated heterocycles. The van der Waals surface area contributed by atoms with Gasteiger partial charge in [0.25, 0.3) is 0 Å². The quantitative estimate of drug-likeness (QED) is 0.216. The van der Waals surface area contributed by atoms with Crippen LogP contribution in [0.1, 0.15) is 32.2 Å². The van der Waals surface area contributed by atoms with Crippen LogP contribution < -0.4 is 15.4 Å². The van der Waals surface area contributed by atoms with Gasteiger partial charge >= 0.3 is 0 Å². The number of para-hydroxylation sites is 1. The number of likely N-dealkylation sites (N-methyl/N-ethyl adjacent to an activating group) is 1. The van der Waals surface area contributed by atoms with Crippen molar-refractivity contribution >= 4 is 35.6 Å². The zero-order valence-corrected chi connectivity index (χ0v) is 21.5. The smallest absolute Gasteiger partial charge is 0.191 e. The Morgan fingerprint density at radius 2 is 1.81 bits per heavy atom. The van der Waals surface area contributed by atoms with Crippen LogP contribution in [0.4, 0.5) is 0 Å². The van der Waals surface area contributed by atoms with Gasteiger partial charge in [-0.15, -0.1) is 34.2 Å². The van der Waals surface area contributed by atoms with Gasteiger partial charge in [-0.05, 0) is 38.2 Å². The molecule has 0 fully saturated rings. The van der Waals surface area contributed by atoms with Gasteiger partial charge in [0.2, 0.25) is 0 Å². The van der Waals surface area contributed by atoms with Crippen LogP contribution in [0.25, 0.3) is 5.65 Å². The molecule has 174 valence electrons. The fourth-order valence-electron chi connectivity index (χ4n) is 3.28. The Morgan fingerprint density at radius 1 is 1.03 bits per heavy atom. The van der Waals surface area contributed by atoms with E-state index in [-0.39, 0.29) is 24.0 Å². The first kappa shape index (κ1) is 25.9. The maximum atomic E-state index is 6.06. The number of aliphatic imine (C=N–C) groups is 1. The van der Waals surface area contributed by atoms with Crippen LogP contribution in [-0.2, 0) is 13.1 Å². The van der Waals surface area contributed by atoms with Crippen molar-refractivity contribution in [3.8, 4) is 5.75 Å². The van der Waals surface area contributed by atoms with Crippen molar-refractivity contribution in [2.45, 2.75) is 33.9 Å². The van der Waals surface area contributed by atoms with Crippen molar-refractivity contribution in [2.24, 2.45) is 4.99 Å². The summed E-state index contributed by atoms with van der Waals surface area (Å²) in [5.74, 6) is 2.45. The van der Waals surface area contributed by atoms with Crippen molar-refractivity contribution in [2.75, 3.05) is 32.8 Å². The first-order valence-corrected chi connectivity index (χ1v) is 11.0. The van der Waals surface area contributed by atoms with Gasteiger partial charge in [0.05, 0.1) is 13.1 Å². The molecule has 0 amide bonds. The van der Waals surface area contributed by atoms with Crippen LogP contribution in [0.15, 0.2) is 53.7 Å². The summed E-state index contributed by atoms with van der Waals surface area (Å²) in [4.78, 5) is 7.10. The molecule has 0 aliphatic heterocycles. The molecule has 3 aromatic rings. The number of pyridine rings is 1. The number of nitrogens with zero attached hydrogens (tertiary/aromatic N) is 5. The van der Waals surface area contributed by atoms with Gasteiger partial charge in [0, 0.05) is 24.8 Å². The topological polar surface area (TPSA) is 79.1 Å². The van der Waals surface area contributed by atoms with E-state index in [4.69, 9.17) is 9.73 Å². The van der Waals surface area contributed by atoms with Crippen molar-refractivity contribution in [3.05, 3.63) is 60.0 Å². The van der Waals surface area contributed by atoms with Crippen molar-refractivity contribution in [1.82, 2.24) is 30.1 Å². The van der Waals surface area contributed by atoms with Crippen LogP contribution in [0.3, 0.4) is 0 Å². The number of benzene rings is 1. The highest BCUT2D eigenvalue weighted by molar-refractivity contribution is 14.0. The van der Waals surface area contributed by atoms with Gasteiger partial charge in [-0.2, -0.15) is 0 Å². The fourth-order valence-corrected chi connectivity index (χ4v) is 3.28. The summed E-state index contributed by atoms with van der Waals surface area (Å²) in [7, 11) is 0. The summed E-state index contributed by atoms with van der Waals surface area (Å²) >= 11 is 0. The van der Waals surface area contributed by atoms with Crippen molar-refractivity contribution < 1.29 is 4.74 Å². The first-order valence-electron chi connectivity index (χ1n) is 11.0. The number of nitrogens with one attached hydrogen (secondary N) is 2. The molecule has 0 atom stereocenters. The molecule has 0 radical (unpaired) electrons. The summed E-state index contributed by atoms with van der Waals surface area (Å²) in [5, 5.41) is 15.1. The average molecular weight is 551 g/mol. The predicted octanol–water partition coefficient (Wildman–Crippen LogP) is 3.32. The minimum atomic E-state index is 0. The minimum absolute atomic E-state index is 0. The number of hydrogen-bond donors (Lipinski definition) is 2. The third kappa shape index (κ3) is 7.33. The number of rotatable bonds is 11. The molecule has 2 aromatic heterocycles. The second-order valence-electron chi connectivity index (χ2n) is 7.08. The number of hydrogen-bond acceptors (Lipinski definition) is 5. The van der Waals surface area contributed by atoms with Crippen LogP contribution >= 0.6 is 24.0 Å². The number of fused-ring (bicyclic) bond motifs is 1. The van der Waals surface area contributed by atoms with Gasteiger partial charge in [0.15, 0.2) is 17.4 Å². The lowest BCUT2D eigenvalue weighted by Gasteiger charge is -2.18. The molecule has 2 heterocycles. The lowest BCUT2D eigenvalue weighted by molar-refractivity contribution is 0.221. The molecule has 32 heavy (non-hydrogen) atoms. The van der Waals surface area contributed by atoms with E-state index in [1.807, 2.05) is 53.9 Å². The first-order chi connectivity index (χ1) is 15.2. The van der Waals surface area contributed by atoms with E-state index in [1.54, 1.807) is 0 Å². The summed E-state index contributed by atoms with van der Waals surface area (Å²) in [5.41, 5.74) is 1.89. The molecule has 0 aliphatic rings. The SMILES string of the molecule is CCNC(=NCc1ccccc1OCCN(CC)CC)NCc1nnc2ccccn12.I. The molecule has 0 spiro atoms. The molecule has 0 unspecified atom stereocenters. The molecule has 0 saturated carbocycles. The van der Waals surface area contributed by atoms with Gasteiger partial charge < -0.3 is 20.3 Å². The number of guanidine groups is 1. The summed E-state index contributed by atoms with van der Waals surface area (Å²) in [6.45, 7) is 11.9. The third-order valence-corrected chi connectivity index (χ3v) is 5.08. The highest BCUT2D eigenvalue weighted by Gasteiger charge is 2.07. The van der Waals surface area contributed by atoms with E-state index in [1.165, 1.54) is 0 Å². The zero-order chi connectivity index (χ0) is 21.9. The third-order valence-electron chi connectivity index (χ3n) is 5.08. The average Bonchev–Trinajstić information content (AvgIpc) is 3.22. The normalized spacial score (nSPS) is 11.4. The number of halogens is 1. The number of ether oxygens (including phenoxy) is 1. The highest BCUT2D eigenvalue weighted by Crippen LogP contribution is 2.19. The van der Waals surface area contributed by atoms with E-state index >= 15 is 0 Å². The van der Waals surface area contributed by atoms with Crippen LogP contribution in [0.2, 0.25) is 0 Å². The maximum absolute atomic E-state index is 6.06. The fraction of sp³-hybridized carbons (Fsp3) is 0.435. The lowest BCUT2D eigenvalue weighted by Crippen LogP contribution is -2.37. The Bertz CT molecular complexity index is 972. The molecular formula is C23H34IN7O. The van der Waals surface area contributed by atoms with Crippen molar-refractivity contribution in [1.29, 1.82) is 0 Å². The molecule has 0 bridgehead atoms. The molecular weight excluding hydrogens is 517 g/mol. The van der Waals surface area contributed by atoms with E-state index in [2.05, 4.69) is 45.6 Å². The lowest BCUT2D eigenvalue weighted by atomic mass is 10.2. The Balaban J connectivity index is 0.00000363. The van der Waals surface area contributed by atoms with E-state index in [0.717, 1.165) is 54.9 Å². The van der Waals surface area contributed by atoms with E-state index < -0.39 is 0 Å². The number of aromatic nitrogens is 3. The highest BCUT2D eigenvalue weighted by atomic mass is 127. The van der Waals surface area contributed by atoms with E-state index in [0.29, 0.717) is 19.7 Å². The van der Waals surface area contributed by atoms with Gasteiger partial charge in [-0.25, -0.2) is 4.99 Å². The molecule has 0 aliphatic carbocycles. The van der Waals surface area contributed by atoms with E-state index in [9.17, 15) is 0 Å². The second kappa shape index (κ2) is 13.9. The monoisotopic (exact) mass is 551 g/mol. The molecule has 9 heteroatoms. The molecule has 1 aromatic carbocycles.